The van der Waals surface area contributed by atoms with Gasteiger partial charge in [-0.3, -0.25) is 4.79 Å². The number of hydrogen-bond acceptors (Lipinski definition) is 9. The van der Waals surface area contributed by atoms with Crippen LogP contribution in [0.1, 0.15) is 65.0 Å². The van der Waals surface area contributed by atoms with Gasteiger partial charge in [-0.2, -0.15) is 0 Å². The minimum absolute atomic E-state index is 0.129. The Bertz CT molecular complexity index is 1310. The fraction of sp³-hybridized carbons (Fsp3) is 0.633. The molecule has 3 aliphatic rings. The van der Waals surface area contributed by atoms with Gasteiger partial charge in [0.15, 0.2) is 0 Å². The van der Waals surface area contributed by atoms with Crippen molar-refractivity contribution in [3.63, 3.8) is 0 Å². The summed E-state index contributed by atoms with van der Waals surface area (Å²) in [6, 6.07) is 3.76. The molecule has 5 atom stereocenters. The first-order valence-electron chi connectivity index (χ1n) is 14.4. The first-order valence-corrected chi connectivity index (χ1v) is 14.4. The molecular weight excluding hydrogens is 528 g/mol. The maximum Gasteiger partial charge on any atom is 0.408 e. The van der Waals surface area contributed by atoms with Crippen molar-refractivity contribution in [3.05, 3.63) is 23.9 Å². The molecule has 41 heavy (non-hydrogen) atoms. The Morgan fingerprint density at radius 2 is 1.85 bits per heavy atom. The van der Waals surface area contributed by atoms with Crippen LogP contribution in [0.25, 0.3) is 11.0 Å². The van der Waals surface area contributed by atoms with Crippen LogP contribution in [0.3, 0.4) is 0 Å². The van der Waals surface area contributed by atoms with Crippen molar-refractivity contribution in [3.8, 4) is 11.6 Å². The highest BCUT2D eigenvalue weighted by molar-refractivity contribution is 5.91. The van der Waals surface area contributed by atoms with Gasteiger partial charge in [0.05, 0.1) is 31.8 Å². The fourth-order valence-electron chi connectivity index (χ4n) is 5.73. The molecule has 1 aromatic carbocycles. The summed E-state index contributed by atoms with van der Waals surface area (Å²) in [7, 11) is 2.89. The van der Waals surface area contributed by atoms with Crippen molar-refractivity contribution < 1.29 is 33.3 Å². The van der Waals surface area contributed by atoms with Crippen LogP contribution in [0.2, 0.25) is 0 Å². The number of carbonyl (C=O) groups is 3. The first kappa shape index (κ1) is 28.9. The number of alkyl carbamates (subject to hydrolysis) is 1. The van der Waals surface area contributed by atoms with E-state index in [2.05, 4.69) is 5.32 Å². The third kappa shape index (κ3) is 6.49. The highest BCUT2D eigenvalue weighted by Crippen LogP contribution is 2.39. The Labute approximate surface area is 240 Å². The molecule has 2 fully saturated rings. The number of fused-ring (bicyclic) bond motifs is 5. The van der Waals surface area contributed by atoms with Gasteiger partial charge in [-0.15, -0.1) is 0 Å². The number of benzene rings is 1. The van der Waals surface area contributed by atoms with Crippen molar-refractivity contribution >= 4 is 29.0 Å². The number of aryl methyl sites for hydroxylation is 1. The van der Waals surface area contributed by atoms with Crippen LogP contribution in [0.15, 0.2) is 18.2 Å². The van der Waals surface area contributed by atoms with E-state index in [1.165, 1.54) is 12.0 Å². The van der Waals surface area contributed by atoms with Crippen molar-refractivity contribution in [2.75, 3.05) is 20.8 Å². The Morgan fingerprint density at radius 3 is 2.59 bits per heavy atom. The number of methoxy groups -OCH3 is 2. The Kier molecular flexibility index (Phi) is 8.24. The number of amides is 2. The van der Waals surface area contributed by atoms with Gasteiger partial charge in [0.1, 0.15) is 35.7 Å². The molecule has 2 aliphatic heterocycles. The maximum atomic E-state index is 14.0. The van der Waals surface area contributed by atoms with Gasteiger partial charge in [0, 0.05) is 12.5 Å². The second-order valence-corrected chi connectivity index (χ2v) is 12.3. The van der Waals surface area contributed by atoms with Crippen LogP contribution in [0, 0.1) is 11.3 Å². The lowest BCUT2D eigenvalue weighted by atomic mass is 9.85. The smallest absolute Gasteiger partial charge is 0.408 e. The van der Waals surface area contributed by atoms with E-state index >= 15 is 0 Å². The summed E-state index contributed by atoms with van der Waals surface area (Å²) in [6.07, 6.45) is 4.35. The molecule has 222 valence electrons. The number of nitrogens with one attached hydrogen (secondary N) is 1. The van der Waals surface area contributed by atoms with Gasteiger partial charge in [0.2, 0.25) is 11.8 Å². The Hall–Kier alpha value is -3.63. The Balaban J connectivity index is 1.49. The van der Waals surface area contributed by atoms with Crippen LogP contribution in [0.4, 0.5) is 4.79 Å². The molecule has 1 saturated carbocycles. The summed E-state index contributed by atoms with van der Waals surface area (Å²) in [4.78, 5) is 50.8. The predicted molar refractivity (Wildman–Crippen MR) is 150 cm³/mol. The topological polar surface area (TPSA) is 129 Å². The number of esters is 1. The van der Waals surface area contributed by atoms with Crippen molar-refractivity contribution in [2.45, 2.75) is 90.0 Å². The minimum Gasteiger partial charge on any atom is -0.497 e. The van der Waals surface area contributed by atoms with Gasteiger partial charge in [-0.25, -0.2) is 19.6 Å². The van der Waals surface area contributed by atoms with E-state index in [0.29, 0.717) is 29.5 Å². The molecule has 5 unspecified atom stereocenters. The highest BCUT2D eigenvalue weighted by Gasteiger charge is 2.47. The van der Waals surface area contributed by atoms with Gasteiger partial charge in [0.25, 0.3) is 0 Å². The van der Waals surface area contributed by atoms with E-state index in [9.17, 15) is 14.4 Å². The van der Waals surface area contributed by atoms with Crippen LogP contribution in [-0.2, 0) is 25.5 Å². The van der Waals surface area contributed by atoms with Crippen LogP contribution in [0.5, 0.6) is 11.6 Å². The quantitative estimate of drug-likeness (QED) is 0.538. The van der Waals surface area contributed by atoms with Crippen molar-refractivity contribution in [1.29, 1.82) is 0 Å². The standard InChI is InChI=1S/C30H40N4O7/c1-30(2,3)25-27(35)34-16-19(15-23(34)28(36)39-5)40-26-21(31-20-12-11-18(38-4)14-22(20)32-26)10-8-6-7-9-17-13-24(17)41-29(37)33-25/h11-12,14,17,19,23-25H,6-10,13,15-16H2,1-5H3,(H,33,37). The van der Waals surface area contributed by atoms with E-state index in [4.69, 9.17) is 28.9 Å². The lowest BCUT2D eigenvalue weighted by molar-refractivity contribution is -0.152. The molecule has 1 N–H and O–H groups in total. The summed E-state index contributed by atoms with van der Waals surface area (Å²) in [6.45, 7) is 5.72. The molecule has 11 heteroatoms. The molecule has 1 aliphatic carbocycles. The molecule has 2 amide bonds. The third-order valence-electron chi connectivity index (χ3n) is 8.18. The maximum absolute atomic E-state index is 14.0. The molecule has 1 saturated heterocycles. The van der Waals surface area contributed by atoms with Gasteiger partial charge < -0.3 is 29.2 Å². The zero-order valence-electron chi connectivity index (χ0n) is 24.5. The van der Waals surface area contributed by atoms with Crippen LogP contribution in [-0.4, -0.2) is 77.9 Å². The number of rotatable bonds is 2. The number of hydrogen-bond donors (Lipinski definition) is 1. The average Bonchev–Trinajstić information content (AvgIpc) is 3.53. The molecular formula is C30H40N4O7. The molecule has 0 spiro atoms. The molecule has 3 heterocycles. The number of nitrogens with zero attached hydrogens (tertiary/aromatic N) is 3. The molecule has 1 aromatic heterocycles. The van der Waals surface area contributed by atoms with Crippen LogP contribution >= 0.6 is 0 Å². The summed E-state index contributed by atoms with van der Waals surface area (Å²) < 4.78 is 22.5. The highest BCUT2D eigenvalue weighted by atomic mass is 16.6. The van der Waals surface area contributed by atoms with E-state index in [1.807, 2.05) is 39.0 Å². The van der Waals surface area contributed by atoms with E-state index < -0.39 is 35.7 Å². The molecule has 0 radical (unpaired) electrons. The second-order valence-electron chi connectivity index (χ2n) is 12.3. The van der Waals surface area contributed by atoms with Gasteiger partial charge in [-0.05, 0) is 49.1 Å². The third-order valence-corrected chi connectivity index (χ3v) is 8.18. The number of ether oxygens (including phenoxy) is 4. The normalized spacial score (nSPS) is 27.3. The second kappa shape index (κ2) is 11.7. The fourth-order valence-corrected chi connectivity index (χ4v) is 5.73. The summed E-state index contributed by atoms with van der Waals surface area (Å²) >= 11 is 0. The lowest BCUT2D eigenvalue weighted by Gasteiger charge is -2.34. The zero-order valence-corrected chi connectivity index (χ0v) is 24.5. The zero-order chi connectivity index (χ0) is 29.3. The predicted octanol–water partition coefficient (Wildman–Crippen LogP) is 3.81. The average molecular weight is 569 g/mol. The van der Waals surface area contributed by atoms with E-state index in [0.717, 1.165) is 43.3 Å². The first-order chi connectivity index (χ1) is 19.6. The molecule has 2 bridgehead atoms. The van der Waals surface area contributed by atoms with Gasteiger partial charge >= 0.3 is 12.1 Å². The molecule has 11 nitrogen and oxygen atoms in total. The SMILES string of the molecule is COC(=O)C1CC2CN1C(=O)C(C(C)(C)C)NC(=O)OC1CC1CCCCCc1nc3ccc(OC)cc3nc1O2. The summed E-state index contributed by atoms with van der Waals surface area (Å²) in [5.41, 5.74) is 1.48. The lowest BCUT2D eigenvalue weighted by Crippen LogP contribution is -2.57. The summed E-state index contributed by atoms with van der Waals surface area (Å²) in [5.74, 6) is 0.458. The summed E-state index contributed by atoms with van der Waals surface area (Å²) in [5, 5.41) is 2.80. The van der Waals surface area contributed by atoms with Crippen molar-refractivity contribution in [2.24, 2.45) is 11.3 Å². The van der Waals surface area contributed by atoms with Crippen molar-refractivity contribution in [1.82, 2.24) is 20.2 Å². The van der Waals surface area contributed by atoms with E-state index in [1.54, 1.807) is 7.11 Å². The molecule has 2 aromatic rings. The largest absolute Gasteiger partial charge is 0.497 e. The van der Waals surface area contributed by atoms with Crippen LogP contribution < -0.4 is 14.8 Å². The number of carbonyl (C=O) groups excluding carboxylic acids is 3. The Morgan fingerprint density at radius 1 is 1.05 bits per heavy atom. The minimum atomic E-state index is -0.916. The number of aromatic nitrogens is 2. The van der Waals surface area contributed by atoms with Gasteiger partial charge in [-0.1, -0.05) is 33.6 Å². The molecule has 5 rings (SSSR count). The monoisotopic (exact) mass is 568 g/mol. The van der Waals surface area contributed by atoms with E-state index in [-0.39, 0.29) is 25.0 Å².